The molecule has 1 aromatic carbocycles. The molecule has 1 aromatic heterocycles. The number of hydrogen-bond donors (Lipinski definition) is 0. The maximum atomic E-state index is 12.8. The Balaban J connectivity index is 2.82. The molecule has 0 aliphatic rings. The summed E-state index contributed by atoms with van der Waals surface area (Å²) in [4.78, 5) is 11.2. The van der Waals surface area contributed by atoms with Gasteiger partial charge in [0, 0.05) is 11.5 Å². The van der Waals surface area contributed by atoms with Gasteiger partial charge in [0.2, 0.25) is 0 Å². The molecule has 0 spiro atoms. The third-order valence-corrected chi connectivity index (χ3v) is 2.68. The summed E-state index contributed by atoms with van der Waals surface area (Å²) in [6.45, 7) is 1.91. The van der Waals surface area contributed by atoms with Gasteiger partial charge in [-0.15, -0.1) is 0 Å². The summed E-state index contributed by atoms with van der Waals surface area (Å²) in [5, 5.41) is -0.0620. The van der Waals surface area contributed by atoms with Gasteiger partial charge in [0.1, 0.15) is 5.58 Å². The molecule has 1 heterocycles. The Morgan fingerprint density at radius 2 is 2.00 bits per heavy atom. The molecule has 0 saturated carbocycles. The Hall–Kier alpha value is -1.78. The first-order valence-corrected chi connectivity index (χ1v) is 5.56. The van der Waals surface area contributed by atoms with Crippen molar-refractivity contribution in [3.8, 4) is 0 Å². The number of benzene rings is 1. The van der Waals surface area contributed by atoms with Crippen LogP contribution in [0.4, 0.5) is 13.2 Å². The summed E-state index contributed by atoms with van der Waals surface area (Å²) in [6, 6.07) is 5.04. The van der Waals surface area contributed by atoms with E-state index in [4.69, 9.17) is 4.42 Å². The van der Waals surface area contributed by atoms with Crippen LogP contribution >= 0.6 is 0 Å². The Labute approximate surface area is 101 Å². The number of halogens is 3. The van der Waals surface area contributed by atoms with Crippen molar-refractivity contribution in [3.05, 3.63) is 45.8 Å². The maximum absolute atomic E-state index is 12.8. The van der Waals surface area contributed by atoms with Gasteiger partial charge in [-0.2, -0.15) is 13.2 Å². The van der Waals surface area contributed by atoms with E-state index >= 15 is 0 Å². The summed E-state index contributed by atoms with van der Waals surface area (Å²) in [5.41, 5.74) is -1.25. The van der Waals surface area contributed by atoms with Crippen LogP contribution in [0, 0.1) is 0 Å². The van der Waals surface area contributed by atoms with Crippen LogP contribution in [0.15, 0.2) is 33.5 Å². The molecule has 0 aliphatic heterocycles. The predicted molar refractivity (Wildman–Crippen MR) is 61.5 cm³/mol. The number of fused-ring (bicyclic) bond motifs is 1. The van der Waals surface area contributed by atoms with Crippen LogP contribution in [-0.4, -0.2) is 0 Å². The molecule has 96 valence electrons. The number of alkyl halides is 3. The van der Waals surface area contributed by atoms with Gasteiger partial charge in [-0.25, -0.2) is 4.79 Å². The normalized spacial score (nSPS) is 12.0. The quantitative estimate of drug-likeness (QED) is 0.766. The van der Waals surface area contributed by atoms with Crippen LogP contribution in [0.2, 0.25) is 0 Å². The fourth-order valence-electron chi connectivity index (χ4n) is 1.94. The van der Waals surface area contributed by atoms with Crippen LogP contribution in [0.3, 0.4) is 0 Å². The number of aryl methyl sites for hydroxylation is 1. The van der Waals surface area contributed by atoms with E-state index < -0.39 is 17.4 Å². The molecule has 0 radical (unpaired) electrons. The van der Waals surface area contributed by atoms with E-state index in [0.717, 1.165) is 6.42 Å². The molecule has 0 N–H and O–H groups in total. The highest BCUT2D eigenvalue weighted by Gasteiger charge is 2.34. The molecule has 0 saturated heterocycles. The lowest BCUT2D eigenvalue weighted by molar-refractivity contribution is -0.136. The molecule has 0 unspecified atom stereocenters. The van der Waals surface area contributed by atoms with Crippen LogP contribution in [0.5, 0.6) is 0 Å². The van der Waals surface area contributed by atoms with Crippen molar-refractivity contribution in [3.63, 3.8) is 0 Å². The average molecular weight is 256 g/mol. The molecule has 2 nitrogen and oxygen atoms in total. The molecule has 0 fully saturated rings. The molecule has 0 bridgehead atoms. The molecule has 2 rings (SSSR count). The second-order valence-electron chi connectivity index (χ2n) is 4.02. The van der Waals surface area contributed by atoms with E-state index in [-0.39, 0.29) is 11.0 Å². The zero-order chi connectivity index (χ0) is 13.3. The Morgan fingerprint density at radius 1 is 1.28 bits per heavy atom. The van der Waals surface area contributed by atoms with Crippen molar-refractivity contribution in [1.29, 1.82) is 0 Å². The van der Waals surface area contributed by atoms with Gasteiger partial charge in [-0.1, -0.05) is 31.5 Å². The van der Waals surface area contributed by atoms with Crippen LogP contribution in [0.1, 0.15) is 24.5 Å². The molecule has 0 amide bonds. The van der Waals surface area contributed by atoms with Crippen molar-refractivity contribution in [2.75, 3.05) is 0 Å². The highest BCUT2D eigenvalue weighted by atomic mass is 19.4. The van der Waals surface area contributed by atoms with Crippen molar-refractivity contribution in [2.45, 2.75) is 25.9 Å². The first kappa shape index (κ1) is 12.7. The summed E-state index contributed by atoms with van der Waals surface area (Å²) >= 11 is 0. The smallest absolute Gasteiger partial charge is 0.417 e. The van der Waals surface area contributed by atoms with Gasteiger partial charge in [-0.05, 0) is 12.0 Å². The summed E-state index contributed by atoms with van der Waals surface area (Å²) in [5.74, 6) is 0. The minimum Gasteiger partial charge on any atom is -0.422 e. The molecule has 0 aliphatic carbocycles. The zero-order valence-electron chi connectivity index (χ0n) is 9.67. The Kier molecular flexibility index (Phi) is 3.15. The molecule has 0 atom stereocenters. The largest absolute Gasteiger partial charge is 0.422 e. The van der Waals surface area contributed by atoms with E-state index in [1.165, 1.54) is 6.07 Å². The third kappa shape index (κ3) is 2.25. The number of para-hydroxylation sites is 1. The summed E-state index contributed by atoms with van der Waals surface area (Å²) in [7, 11) is 0. The fraction of sp³-hybridized carbons (Fsp3) is 0.308. The van der Waals surface area contributed by atoms with Crippen molar-refractivity contribution in [2.24, 2.45) is 0 Å². The molecular formula is C13H11F3O2. The third-order valence-electron chi connectivity index (χ3n) is 2.68. The first-order valence-electron chi connectivity index (χ1n) is 5.56. The SMILES string of the molecule is CCCc1cccc2c(C(F)(F)F)cc(=O)oc12. The highest BCUT2D eigenvalue weighted by Crippen LogP contribution is 2.34. The first-order chi connectivity index (χ1) is 8.43. The minimum atomic E-state index is -4.56. The van der Waals surface area contributed by atoms with Gasteiger partial charge in [-0.3, -0.25) is 0 Å². The van der Waals surface area contributed by atoms with Crippen LogP contribution in [-0.2, 0) is 12.6 Å². The number of rotatable bonds is 2. The lowest BCUT2D eigenvalue weighted by Crippen LogP contribution is -2.11. The number of hydrogen-bond acceptors (Lipinski definition) is 2. The second kappa shape index (κ2) is 4.48. The lowest BCUT2D eigenvalue weighted by Gasteiger charge is -2.10. The predicted octanol–water partition coefficient (Wildman–Crippen LogP) is 3.76. The van der Waals surface area contributed by atoms with Gasteiger partial charge >= 0.3 is 11.8 Å². The second-order valence-corrected chi connectivity index (χ2v) is 4.02. The fourth-order valence-corrected chi connectivity index (χ4v) is 1.94. The average Bonchev–Trinajstić information content (AvgIpc) is 2.28. The maximum Gasteiger partial charge on any atom is 0.417 e. The van der Waals surface area contributed by atoms with Gasteiger partial charge < -0.3 is 4.42 Å². The van der Waals surface area contributed by atoms with Crippen molar-refractivity contribution >= 4 is 11.0 Å². The highest BCUT2D eigenvalue weighted by molar-refractivity contribution is 5.83. The minimum absolute atomic E-state index is 0.0409. The van der Waals surface area contributed by atoms with Crippen LogP contribution in [0.25, 0.3) is 11.0 Å². The summed E-state index contributed by atoms with van der Waals surface area (Å²) in [6.07, 6.45) is -3.22. The Bertz CT molecular complexity index is 626. The lowest BCUT2D eigenvalue weighted by atomic mass is 10.0. The van der Waals surface area contributed by atoms with E-state index in [1.807, 2.05) is 6.92 Å². The molecule has 18 heavy (non-hydrogen) atoms. The molecule has 5 heteroatoms. The Morgan fingerprint density at radius 3 is 2.61 bits per heavy atom. The van der Waals surface area contributed by atoms with Crippen molar-refractivity contribution < 1.29 is 17.6 Å². The molecule has 2 aromatic rings. The van der Waals surface area contributed by atoms with Gasteiger partial charge in [0.15, 0.2) is 0 Å². The van der Waals surface area contributed by atoms with E-state index in [2.05, 4.69) is 0 Å². The van der Waals surface area contributed by atoms with E-state index in [1.54, 1.807) is 12.1 Å². The van der Waals surface area contributed by atoms with E-state index in [0.29, 0.717) is 18.1 Å². The van der Waals surface area contributed by atoms with E-state index in [9.17, 15) is 18.0 Å². The summed E-state index contributed by atoms with van der Waals surface area (Å²) < 4.78 is 43.4. The standard InChI is InChI=1S/C13H11F3O2/c1-2-4-8-5-3-6-9-10(13(14,15)16)7-11(17)18-12(8)9/h3,5-7H,2,4H2,1H3. The zero-order valence-corrected chi connectivity index (χ0v) is 9.67. The van der Waals surface area contributed by atoms with Crippen LogP contribution < -0.4 is 5.63 Å². The monoisotopic (exact) mass is 256 g/mol. The topological polar surface area (TPSA) is 30.2 Å². The molecular weight excluding hydrogens is 245 g/mol. The van der Waals surface area contributed by atoms with Gasteiger partial charge in [0.05, 0.1) is 5.56 Å². The van der Waals surface area contributed by atoms with Gasteiger partial charge in [0.25, 0.3) is 0 Å². The van der Waals surface area contributed by atoms with Crippen molar-refractivity contribution in [1.82, 2.24) is 0 Å².